The molecule has 210 valence electrons. The van der Waals surface area contributed by atoms with Crippen LogP contribution in [0.1, 0.15) is 63.9 Å². The Morgan fingerprint density at radius 2 is 1.55 bits per heavy atom. The second kappa shape index (κ2) is 11.5. The van der Waals surface area contributed by atoms with Crippen LogP contribution in [0.2, 0.25) is 0 Å². The first kappa shape index (κ1) is 28.0. The third kappa shape index (κ3) is 6.43. The molecule has 5 rings (SSSR count). The number of pyridine rings is 1. The van der Waals surface area contributed by atoms with Crippen molar-refractivity contribution in [1.29, 1.82) is 0 Å². The summed E-state index contributed by atoms with van der Waals surface area (Å²) >= 11 is 0. The lowest BCUT2D eigenvalue weighted by atomic mass is 9.63. The van der Waals surface area contributed by atoms with Gasteiger partial charge in [0, 0.05) is 30.1 Å². The molecule has 2 aliphatic carbocycles. The number of benzene rings is 2. The molecule has 0 radical (unpaired) electrons. The van der Waals surface area contributed by atoms with Crippen molar-refractivity contribution in [3.63, 3.8) is 0 Å². The summed E-state index contributed by atoms with van der Waals surface area (Å²) < 4.78 is 4.80. The lowest BCUT2D eigenvalue weighted by molar-refractivity contribution is -0.142. The number of aliphatic hydroxyl groups is 1. The molecule has 3 aromatic rings. The van der Waals surface area contributed by atoms with E-state index in [1.807, 2.05) is 49.5 Å². The number of nitrogens with zero attached hydrogens (tertiary/aromatic N) is 1. The lowest BCUT2D eigenvalue weighted by Gasteiger charge is -2.49. The van der Waals surface area contributed by atoms with Crippen molar-refractivity contribution in [2.24, 2.45) is 17.6 Å². The zero-order valence-corrected chi connectivity index (χ0v) is 23.4. The number of aromatic nitrogens is 1. The van der Waals surface area contributed by atoms with Crippen LogP contribution in [0.25, 0.3) is 22.3 Å². The maximum atomic E-state index is 12.9. The number of anilines is 1. The van der Waals surface area contributed by atoms with Gasteiger partial charge in [0.25, 0.3) is 0 Å². The van der Waals surface area contributed by atoms with Crippen molar-refractivity contribution in [2.75, 3.05) is 12.4 Å². The van der Waals surface area contributed by atoms with Crippen LogP contribution in [0.4, 0.5) is 5.82 Å². The molecule has 0 spiro atoms. The van der Waals surface area contributed by atoms with Crippen molar-refractivity contribution in [3.05, 3.63) is 72.4 Å². The number of hydrogen-bond donors (Lipinski definition) is 3. The molecular weight excluding hydrogens is 502 g/mol. The topological polar surface area (TPSA) is 115 Å². The van der Waals surface area contributed by atoms with E-state index in [2.05, 4.69) is 34.6 Å². The standard InChI is InChI=1S/C33H39N3O4/c1-32(39)20-33(34,21-32)26-14-12-25(13-15-26)28-19-35-29(18-27(28)24-6-4-3-5-7-24)36-30(37)16-22-8-10-23(11-9-22)17-31(38)40-2/h3-7,12-15,18-19,22-23,39H,8-11,16-17,20-21,34H2,1-2H3,(H,35,36,37). The smallest absolute Gasteiger partial charge is 0.305 e. The average Bonchev–Trinajstić information content (AvgIpc) is 2.93. The molecule has 2 saturated carbocycles. The van der Waals surface area contributed by atoms with Gasteiger partial charge in [0.05, 0.1) is 12.7 Å². The number of esters is 1. The van der Waals surface area contributed by atoms with E-state index in [-0.39, 0.29) is 11.9 Å². The number of nitrogens with two attached hydrogens (primary N) is 1. The Kier molecular flexibility index (Phi) is 8.06. The van der Waals surface area contributed by atoms with E-state index >= 15 is 0 Å². The third-order valence-electron chi connectivity index (χ3n) is 8.54. The molecule has 7 heteroatoms. The highest BCUT2D eigenvalue weighted by Crippen LogP contribution is 2.46. The first-order chi connectivity index (χ1) is 19.1. The molecule has 1 amide bonds. The zero-order chi connectivity index (χ0) is 28.3. The van der Waals surface area contributed by atoms with Gasteiger partial charge in [-0.05, 0) is 85.6 Å². The van der Waals surface area contributed by atoms with E-state index in [9.17, 15) is 14.7 Å². The second-order valence-corrected chi connectivity index (χ2v) is 12.0. The molecule has 40 heavy (non-hydrogen) atoms. The van der Waals surface area contributed by atoms with Gasteiger partial charge in [0.1, 0.15) is 5.82 Å². The van der Waals surface area contributed by atoms with Crippen molar-refractivity contribution in [3.8, 4) is 22.3 Å². The molecule has 0 unspecified atom stereocenters. The fraction of sp³-hybridized carbons (Fsp3) is 0.424. The van der Waals surface area contributed by atoms with Crippen molar-refractivity contribution >= 4 is 17.7 Å². The van der Waals surface area contributed by atoms with Crippen molar-refractivity contribution < 1.29 is 19.4 Å². The maximum Gasteiger partial charge on any atom is 0.305 e. The Bertz CT molecular complexity index is 1340. The van der Waals surface area contributed by atoms with Gasteiger partial charge in [-0.2, -0.15) is 0 Å². The minimum atomic E-state index is -0.706. The van der Waals surface area contributed by atoms with E-state index in [1.165, 1.54) is 7.11 Å². The summed E-state index contributed by atoms with van der Waals surface area (Å²) in [5.74, 6) is 0.996. The number of nitrogens with one attached hydrogen (secondary N) is 1. The van der Waals surface area contributed by atoms with Crippen LogP contribution >= 0.6 is 0 Å². The average molecular weight is 542 g/mol. The predicted molar refractivity (Wildman–Crippen MR) is 156 cm³/mol. The van der Waals surface area contributed by atoms with Crippen LogP contribution in [0, 0.1) is 11.8 Å². The number of carbonyl (C=O) groups excluding carboxylic acids is 2. The van der Waals surface area contributed by atoms with Gasteiger partial charge < -0.3 is 20.9 Å². The van der Waals surface area contributed by atoms with Crippen LogP contribution < -0.4 is 11.1 Å². The molecule has 1 heterocycles. The Morgan fingerprint density at radius 1 is 0.950 bits per heavy atom. The molecule has 0 aliphatic heterocycles. The van der Waals surface area contributed by atoms with Gasteiger partial charge >= 0.3 is 5.97 Å². The highest BCUT2D eigenvalue weighted by molar-refractivity contribution is 5.92. The Labute approximate surface area is 236 Å². The SMILES string of the molecule is COC(=O)CC1CCC(CC(=O)Nc2cc(-c3ccccc3)c(-c3ccc(C4(N)CC(C)(O)C4)cc3)cn2)CC1. The molecule has 1 aromatic heterocycles. The third-order valence-corrected chi connectivity index (χ3v) is 8.54. The summed E-state index contributed by atoms with van der Waals surface area (Å²) in [6.45, 7) is 1.82. The molecule has 0 atom stereocenters. The lowest BCUT2D eigenvalue weighted by Crippen LogP contribution is -2.58. The van der Waals surface area contributed by atoms with Crippen LogP contribution in [0.15, 0.2) is 66.9 Å². The summed E-state index contributed by atoms with van der Waals surface area (Å²) in [6, 6.07) is 20.2. The molecule has 4 N–H and O–H groups in total. The molecule has 0 saturated heterocycles. The predicted octanol–water partition coefficient (Wildman–Crippen LogP) is 5.81. The van der Waals surface area contributed by atoms with E-state index < -0.39 is 11.1 Å². The Balaban J connectivity index is 1.29. The minimum absolute atomic E-state index is 0.0374. The first-order valence-corrected chi connectivity index (χ1v) is 14.2. The highest BCUT2D eigenvalue weighted by Gasteiger charge is 2.49. The highest BCUT2D eigenvalue weighted by atomic mass is 16.5. The number of ether oxygens (including phenoxy) is 1. The fourth-order valence-corrected chi connectivity index (χ4v) is 6.52. The zero-order valence-electron chi connectivity index (χ0n) is 23.4. The maximum absolute atomic E-state index is 12.9. The fourth-order valence-electron chi connectivity index (χ4n) is 6.52. The van der Waals surface area contributed by atoms with Gasteiger partial charge in [-0.3, -0.25) is 9.59 Å². The summed E-state index contributed by atoms with van der Waals surface area (Å²) in [5.41, 5.74) is 10.3. The number of amides is 1. The Morgan fingerprint density at radius 3 is 2.15 bits per heavy atom. The Hall–Kier alpha value is -3.55. The van der Waals surface area contributed by atoms with Crippen LogP contribution in [0.3, 0.4) is 0 Å². The largest absolute Gasteiger partial charge is 0.469 e. The van der Waals surface area contributed by atoms with E-state index in [0.29, 0.717) is 43.3 Å². The first-order valence-electron chi connectivity index (χ1n) is 14.2. The summed E-state index contributed by atoms with van der Waals surface area (Å²) in [6.07, 6.45) is 7.58. The molecule has 2 aliphatic rings. The van der Waals surface area contributed by atoms with Crippen molar-refractivity contribution in [1.82, 2.24) is 4.98 Å². The number of methoxy groups -OCH3 is 1. The monoisotopic (exact) mass is 541 g/mol. The van der Waals surface area contributed by atoms with Gasteiger partial charge in [0.15, 0.2) is 0 Å². The van der Waals surface area contributed by atoms with Gasteiger partial charge in [-0.1, -0.05) is 54.6 Å². The van der Waals surface area contributed by atoms with E-state index in [1.54, 1.807) is 0 Å². The second-order valence-electron chi connectivity index (χ2n) is 12.0. The molecule has 2 aromatic carbocycles. The summed E-state index contributed by atoms with van der Waals surface area (Å²) in [4.78, 5) is 29.1. The minimum Gasteiger partial charge on any atom is -0.469 e. The molecule has 2 fully saturated rings. The van der Waals surface area contributed by atoms with Crippen LogP contribution in [-0.4, -0.2) is 34.7 Å². The normalized spacial score (nSPS) is 26.0. The van der Waals surface area contributed by atoms with Crippen LogP contribution in [0.5, 0.6) is 0 Å². The van der Waals surface area contributed by atoms with Gasteiger partial charge in [0.2, 0.25) is 5.91 Å². The van der Waals surface area contributed by atoms with Crippen LogP contribution in [-0.2, 0) is 19.9 Å². The number of hydrogen-bond acceptors (Lipinski definition) is 6. The molecule has 0 bridgehead atoms. The molecular formula is C33H39N3O4. The van der Waals surface area contributed by atoms with E-state index in [0.717, 1.165) is 53.5 Å². The van der Waals surface area contributed by atoms with E-state index in [4.69, 9.17) is 10.5 Å². The summed E-state index contributed by atoms with van der Waals surface area (Å²) in [5, 5.41) is 13.2. The quantitative estimate of drug-likeness (QED) is 0.310. The number of rotatable bonds is 8. The van der Waals surface area contributed by atoms with Gasteiger partial charge in [-0.25, -0.2) is 4.98 Å². The van der Waals surface area contributed by atoms with Crippen molar-refractivity contribution in [2.45, 2.75) is 69.4 Å². The van der Waals surface area contributed by atoms with Gasteiger partial charge in [-0.15, -0.1) is 0 Å². The molecule has 7 nitrogen and oxygen atoms in total. The summed E-state index contributed by atoms with van der Waals surface area (Å²) in [7, 11) is 1.43. The number of carbonyl (C=O) groups is 2.